The zero-order chi connectivity index (χ0) is 18.8. The first-order valence-corrected chi connectivity index (χ1v) is 10.0. The van der Waals surface area contributed by atoms with E-state index in [4.69, 9.17) is 4.42 Å². The van der Waals surface area contributed by atoms with Crippen LogP contribution in [-0.2, 0) is 6.54 Å². The van der Waals surface area contributed by atoms with Crippen molar-refractivity contribution in [1.82, 2.24) is 4.57 Å². The normalized spacial score (nSPS) is 12.0. The van der Waals surface area contributed by atoms with Crippen molar-refractivity contribution < 1.29 is 14.1 Å². The lowest BCUT2D eigenvalue weighted by molar-refractivity contribution is -0.402. The van der Waals surface area contributed by atoms with Gasteiger partial charge in [-0.3, -0.25) is 14.9 Å². The number of furan rings is 1. The third kappa shape index (κ3) is 3.58. The van der Waals surface area contributed by atoms with Crippen LogP contribution in [0.1, 0.15) is 21.7 Å². The maximum Gasteiger partial charge on any atom is 0.433 e. The zero-order valence-corrected chi connectivity index (χ0v) is 16.1. The summed E-state index contributed by atoms with van der Waals surface area (Å²) in [5.74, 6) is -0.357. The summed E-state index contributed by atoms with van der Waals surface area (Å²) in [6.45, 7) is 4.79. The summed E-state index contributed by atoms with van der Waals surface area (Å²) in [7, 11) is 0. The van der Waals surface area contributed by atoms with Crippen LogP contribution >= 0.6 is 23.1 Å². The van der Waals surface area contributed by atoms with Crippen LogP contribution in [0.25, 0.3) is 10.2 Å². The molecular formula is C17H17N3O4S2. The van der Waals surface area contributed by atoms with Crippen LogP contribution in [-0.4, -0.2) is 27.4 Å². The zero-order valence-electron chi connectivity index (χ0n) is 14.5. The number of nitro groups is 1. The predicted molar refractivity (Wildman–Crippen MR) is 103 cm³/mol. The van der Waals surface area contributed by atoms with Crippen molar-refractivity contribution in [3.63, 3.8) is 0 Å². The highest BCUT2D eigenvalue weighted by Crippen LogP contribution is 2.24. The van der Waals surface area contributed by atoms with Gasteiger partial charge in [-0.15, -0.1) is 0 Å². The summed E-state index contributed by atoms with van der Waals surface area (Å²) < 4.78 is 8.06. The average Bonchev–Trinajstić information content (AvgIpc) is 3.19. The van der Waals surface area contributed by atoms with Gasteiger partial charge in [0.05, 0.1) is 16.3 Å². The van der Waals surface area contributed by atoms with E-state index in [9.17, 15) is 14.9 Å². The lowest BCUT2D eigenvalue weighted by Crippen LogP contribution is -2.18. The fraction of sp³-hybridized carbons (Fsp3) is 0.294. The molecule has 0 atom stereocenters. The van der Waals surface area contributed by atoms with Gasteiger partial charge in [-0.05, 0) is 43.4 Å². The van der Waals surface area contributed by atoms with Crippen molar-refractivity contribution >= 4 is 45.1 Å². The molecule has 0 saturated carbocycles. The van der Waals surface area contributed by atoms with Gasteiger partial charge in [0.25, 0.3) is 0 Å². The Morgan fingerprint density at radius 2 is 2.15 bits per heavy atom. The Bertz CT molecular complexity index is 1060. The number of benzene rings is 1. The van der Waals surface area contributed by atoms with Gasteiger partial charge in [0.2, 0.25) is 5.76 Å². The van der Waals surface area contributed by atoms with Crippen LogP contribution in [0.3, 0.4) is 0 Å². The first-order chi connectivity index (χ1) is 12.4. The van der Waals surface area contributed by atoms with E-state index in [0.29, 0.717) is 11.3 Å². The van der Waals surface area contributed by atoms with E-state index in [2.05, 4.69) is 17.1 Å². The quantitative estimate of drug-likeness (QED) is 0.485. The molecule has 0 bridgehead atoms. The first-order valence-electron chi connectivity index (χ1n) is 7.83. The van der Waals surface area contributed by atoms with Crippen molar-refractivity contribution in [1.29, 1.82) is 0 Å². The molecule has 3 rings (SSSR count). The maximum atomic E-state index is 12.4. The highest BCUT2D eigenvalue weighted by Gasteiger charge is 2.18. The third-order valence-electron chi connectivity index (χ3n) is 3.81. The lowest BCUT2D eigenvalue weighted by Gasteiger charge is -2.05. The van der Waals surface area contributed by atoms with E-state index in [1.54, 1.807) is 11.8 Å². The number of fused-ring (bicyclic) bond motifs is 1. The standard InChI is InChI=1S/C17H17N3O4S2/c1-10-8-11(2)15-12(9-10)19(6-7-25-3)17(26-15)18-16(21)13-4-5-14(24-13)20(22)23/h4-5,8-9H,6-7H2,1-3H3. The third-order valence-corrected chi connectivity index (χ3v) is 5.63. The molecule has 0 saturated heterocycles. The number of thioether (sulfide) groups is 1. The molecule has 1 amide bonds. The van der Waals surface area contributed by atoms with Gasteiger partial charge in [0.1, 0.15) is 4.92 Å². The SMILES string of the molecule is CSCCn1c(=NC(=O)c2ccc([N+](=O)[O-])o2)sc2c(C)cc(C)cc21. The van der Waals surface area contributed by atoms with Crippen molar-refractivity contribution in [2.24, 2.45) is 4.99 Å². The Hall–Kier alpha value is -2.39. The molecule has 0 spiro atoms. The van der Waals surface area contributed by atoms with E-state index in [1.165, 1.54) is 17.4 Å². The minimum absolute atomic E-state index is 0.140. The van der Waals surface area contributed by atoms with Gasteiger partial charge in [-0.2, -0.15) is 16.8 Å². The second-order valence-corrected chi connectivity index (χ2v) is 7.73. The summed E-state index contributed by atoms with van der Waals surface area (Å²) >= 11 is 3.15. The van der Waals surface area contributed by atoms with Crippen LogP contribution in [0.2, 0.25) is 0 Å². The first kappa shape index (κ1) is 18.4. The van der Waals surface area contributed by atoms with E-state index in [-0.39, 0.29) is 5.76 Å². The van der Waals surface area contributed by atoms with Crippen LogP contribution in [0.5, 0.6) is 0 Å². The van der Waals surface area contributed by atoms with E-state index in [0.717, 1.165) is 33.2 Å². The Morgan fingerprint density at radius 1 is 1.38 bits per heavy atom. The molecule has 26 heavy (non-hydrogen) atoms. The molecule has 3 aromatic rings. The minimum atomic E-state index is -0.680. The van der Waals surface area contributed by atoms with Crippen molar-refractivity contribution in [3.05, 3.63) is 56.1 Å². The lowest BCUT2D eigenvalue weighted by atomic mass is 10.1. The number of aromatic nitrogens is 1. The Labute approximate surface area is 157 Å². The smallest absolute Gasteiger partial charge is 0.395 e. The molecule has 0 aliphatic carbocycles. The molecule has 9 heteroatoms. The molecule has 0 N–H and O–H groups in total. The number of hydrogen-bond donors (Lipinski definition) is 0. The Balaban J connectivity index is 2.12. The molecule has 0 aliphatic heterocycles. The number of hydrogen-bond acceptors (Lipinski definition) is 6. The van der Waals surface area contributed by atoms with Crippen LogP contribution < -0.4 is 4.80 Å². The fourth-order valence-electron chi connectivity index (χ4n) is 2.68. The number of rotatable bonds is 5. The Morgan fingerprint density at radius 3 is 2.81 bits per heavy atom. The van der Waals surface area contributed by atoms with Crippen LogP contribution in [0.15, 0.2) is 33.7 Å². The molecule has 2 heterocycles. The summed E-state index contributed by atoms with van der Waals surface area (Å²) in [5, 5.41) is 10.7. The summed E-state index contributed by atoms with van der Waals surface area (Å²) in [6.07, 6.45) is 2.02. The summed E-state index contributed by atoms with van der Waals surface area (Å²) in [5.41, 5.74) is 3.31. The number of amides is 1. The van der Waals surface area contributed by atoms with Gasteiger partial charge < -0.3 is 8.98 Å². The summed E-state index contributed by atoms with van der Waals surface area (Å²) in [6, 6.07) is 6.61. The second-order valence-electron chi connectivity index (χ2n) is 5.77. The molecule has 0 aliphatic rings. The summed E-state index contributed by atoms with van der Waals surface area (Å²) in [4.78, 5) is 27.2. The molecule has 0 radical (unpaired) electrons. The average molecular weight is 391 g/mol. The van der Waals surface area contributed by atoms with Crippen LogP contribution in [0, 0.1) is 24.0 Å². The predicted octanol–water partition coefficient (Wildman–Crippen LogP) is 3.92. The molecule has 0 fully saturated rings. The number of aryl methyl sites for hydroxylation is 3. The van der Waals surface area contributed by atoms with Crippen molar-refractivity contribution in [2.45, 2.75) is 20.4 Å². The maximum absolute atomic E-state index is 12.4. The van der Waals surface area contributed by atoms with Gasteiger partial charge in [0, 0.05) is 12.3 Å². The van der Waals surface area contributed by atoms with E-state index < -0.39 is 16.7 Å². The minimum Gasteiger partial charge on any atom is -0.395 e. The number of thiazole rings is 1. The van der Waals surface area contributed by atoms with E-state index >= 15 is 0 Å². The molecular weight excluding hydrogens is 374 g/mol. The number of carbonyl (C=O) groups excluding carboxylic acids is 1. The highest BCUT2D eigenvalue weighted by molar-refractivity contribution is 7.98. The van der Waals surface area contributed by atoms with Gasteiger partial charge in [-0.25, -0.2) is 0 Å². The van der Waals surface area contributed by atoms with Crippen molar-refractivity contribution in [2.75, 3.05) is 12.0 Å². The largest absolute Gasteiger partial charge is 0.433 e. The van der Waals surface area contributed by atoms with Gasteiger partial charge >= 0.3 is 11.8 Å². The molecule has 2 aromatic heterocycles. The number of nitrogens with zero attached hydrogens (tertiary/aromatic N) is 3. The highest BCUT2D eigenvalue weighted by atomic mass is 32.2. The Kier molecular flexibility index (Phi) is 5.28. The number of carbonyl (C=O) groups is 1. The van der Waals surface area contributed by atoms with Crippen molar-refractivity contribution in [3.8, 4) is 0 Å². The molecule has 0 unspecified atom stereocenters. The molecule has 1 aromatic carbocycles. The van der Waals surface area contributed by atoms with Gasteiger partial charge in [-0.1, -0.05) is 17.4 Å². The van der Waals surface area contributed by atoms with E-state index in [1.807, 2.05) is 24.7 Å². The second kappa shape index (κ2) is 7.46. The molecule has 7 nitrogen and oxygen atoms in total. The van der Waals surface area contributed by atoms with Gasteiger partial charge in [0.15, 0.2) is 4.80 Å². The molecule has 136 valence electrons. The van der Waals surface area contributed by atoms with Crippen LogP contribution in [0.4, 0.5) is 5.88 Å². The topological polar surface area (TPSA) is 90.6 Å². The monoisotopic (exact) mass is 391 g/mol. The fourth-order valence-corrected chi connectivity index (χ4v) is 4.15.